The normalized spacial score (nSPS) is 10.7. The lowest BCUT2D eigenvalue weighted by Gasteiger charge is -2.02. The van der Waals surface area contributed by atoms with E-state index in [2.05, 4.69) is 81.4 Å². The Morgan fingerprint density at radius 3 is 2.69 bits per heavy atom. The maximum absolute atomic E-state index is 4.42. The van der Waals surface area contributed by atoms with E-state index in [0.29, 0.717) is 0 Å². The highest BCUT2D eigenvalue weighted by atomic mass is 127. The van der Waals surface area contributed by atoms with Gasteiger partial charge in [-0.3, -0.25) is 0 Å². The van der Waals surface area contributed by atoms with Crippen LogP contribution in [0.25, 0.3) is 10.8 Å². The van der Waals surface area contributed by atoms with Crippen molar-refractivity contribution < 1.29 is 0 Å². The third kappa shape index (κ3) is 1.96. The minimum atomic E-state index is 1.05. The summed E-state index contributed by atoms with van der Waals surface area (Å²) in [5.41, 5.74) is 1.29. The summed E-state index contributed by atoms with van der Waals surface area (Å²) in [6, 6.07) is 8.57. The van der Waals surface area contributed by atoms with Crippen LogP contribution >= 0.6 is 45.2 Å². The third-order valence-corrected chi connectivity index (χ3v) is 3.29. The van der Waals surface area contributed by atoms with Crippen LogP contribution < -0.4 is 0 Å². The van der Waals surface area contributed by atoms with Gasteiger partial charge < -0.3 is 0 Å². The van der Waals surface area contributed by atoms with Crippen molar-refractivity contribution in [2.75, 3.05) is 0 Å². The first-order valence-corrected chi connectivity index (χ1v) is 6.05. The van der Waals surface area contributed by atoms with Gasteiger partial charge in [0, 0.05) is 5.39 Å². The molecule has 2 rings (SSSR count). The number of fused-ring (bicyclic) bond motifs is 1. The highest BCUT2D eigenvalue weighted by Gasteiger charge is 2.01. The second-order valence-corrected chi connectivity index (χ2v) is 5.09. The van der Waals surface area contributed by atoms with Gasteiger partial charge in [-0.1, -0.05) is 17.7 Å². The van der Waals surface area contributed by atoms with E-state index in [1.54, 1.807) is 0 Å². The Morgan fingerprint density at radius 1 is 1.15 bits per heavy atom. The molecule has 13 heavy (non-hydrogen) atoms. The Kier molecular flexibility index (Phi) is 2.73. The van der Waals surface area contributed by atoms with Crippen molar-refractivity contribution in [2.24, 2.45) is 0 Å². The predicted octanol–water partition coefficient (Wildman–Crippen LogP) is 3.75. The Labute approximate surface area is 104 Å². The molecule has 0 aliphatic carbocycles. The van der Waals surface area contributed by atoms with Crippen LogP contribution in [-0.2, 0) is 0 Å². The van der Waals surface area contributed by atoms with Crippen LogP contribution in [0.5, 0.6) is 0 Å². The van der Waals surface area contributed by atoms with Gasteiger partial charge in [0.2, 0.25) is 0 Å². The minimum Gasteiger partial charge on any atom is -0.235 e. The molecule has 0 bridgehead atoms. The molecule has 66 valence electrons. The maximum Gasteiger partial charge on any atom is 0.110 e. The minimum absolute atomic E-state index is 1.05. The Morgan fingerprint density at radius 2 is 1.92 bits per heavy atom. The van der Waals surface area contributed by atoms with E-state index >= 15 is 0 Å². The van der Waals surface area contributed by atoms with E-state index in [0.717, 1.165) is 7.40 Å². The van der Waals surface area contributed by atoms with Crippen molar-refractivity contribution in [3.8, 4) is 0 Å². The van der Waals surface area contributed by atoms with Crippen LogP contribution in [0.1, 0.15) is 5.56 Å². The molecule has 1 aromatic heterocycles. The van der Waals surface area contributed by atoms with Gasteiger partial charge in [-0.25, -0.2) is 4.98 Å². The molecule has 0 aliphatic heterocycles. The summed E-state index contributed by atoms with van der Waals surface area (Å²) in [4.78, 5) is 4.42. The number of nitrogens with zero attached hydrogens (tertiary/aromatic N) is 1. The summed E-state index contributed by atoms with van der Waals surface area (Å²) in [5, 5.41) is 2.52. The first kappa shape index (κ1) is 9.64. The van der Waals surface area contributed by atoms with Crippen LogP contribution in [0.2, 0.25) is 0 Å². The molecule has 0 atom stereocenters. The number of pyridine rings is 1. The fourth-order valence-electron chi connectivity index (χ4n) is 1.29. The zero-order valence-corrected chi connectivity index (χ0v) is 11.3. The van der Waals surface area contributed by atoms with Gasteiger partial charge in [-0.05, 0) is 69.6 Å². The molecule has 0 aliphatic rings. The average molecular weight is 395 g/mol. The summed E-state index contributed by atoms with van der Waals surface area (Å²) in [6.07, 6.45) is 0. The predicted molar refractivity (Wildman–Crippen MR) is 71.9 cm³/mol. The first-order chi connectivity index (χ1) is 6.16. The van der Waals surface area contributed by atoms with Crippen LogP contribution in [0.15, 0.2) is 24.3 Å². The van der Waals surface area contributed by atoms with E-state index < -0.39 is 0 Å². The summed E-state index contributed by atoms with van der Waals surface area (Å²) in [7, 11) is 0. The molecule has 1 heterocycles. The fourth-order valence-corrected chi connectivity index (χ4v) is 3.05. The molecule has 0 spiro atoms. The maximum atomic E-state index is 4.42. The largest absolute Gasteiger partial charge is 0.235 e. The number of aryl methyl sites for hydroxylation is 1. The molecule has 0 saturated carbocycles. The van der Waals surface area contributed by atoms with E-state index in [1.165, 1.54) is 16.3 Å². The summed E-state index contributed by atoms with van der Waals surface area (Å²) < 4.78 is 2.14. The molecule has 0 unspecified atom stereocenters. The fraction of sp³-hybridized carbons (Fsp3) is 0.100. The Bertz CT molecular complexity index is 466. The van der Waals surface area contributed by atoms with Gasteiger partial charge in [0.15, 0.2) is 0 Å². The van der Waals surface area contributed by atoms with E-state index in [-0.39, 0.29) is 0 Å². The van der Waals surface area contributed by atoms with Gasteiger partial charge in [0.05, 0.1) is 0 Å². The lowest BCUT2D eigenvalue weighted by molar-refractivity contribution is 1.25. The lowest BCUT2D eigenvalue weighted by atomic mass is 10.1. The molecule has 0 saturated heterocycles. The number of rotatable bonds is 0. The number of hydrogen-bond donors (Lipinski definition) is 0. The van der Waals surface area contributed by atoms with Crippen molar-refractivity contribution >= 4 is 56.0 Å². The second-order valence-electron chi connectivity index (χ2n) is 2.96. The van der Waals surface area contributed by atoms with Gasteiger partial charge >= 0.3 is 0 Å². The highest BCUT2D eigenvalue weighted by molar-refractivity contribution is 14.1. The van der Waals surface area contributed by atoms with Crippen LogP contribution in [0.4, 0.5) is 0 Å². The number of benzene rings is 1. The van der Waals surface area contributed by atoms with Crippen molar-refractivity contribution in [3.63, 3.8) is 0 Å². The highest BCUT2D eigenvalue weighted by Crippen LogP contribution is 2.21. The molecule has 0 radical (unpaired) electrons. The van der Waals surface area contributed by atoms with E-state index in [4.69, 9.17) is 0 Å². The van der Waals surface area contributed by atoms with Gasteiger partial charge in [0.25, 0.3) is 0 Å². The molecule has 1 nitrogen and oxygen atoms in total. The average Bonchev–Trinajstić information content (AvgIpc) is 2.06. The molecular formula is C10H7I2N. The Hall–Kier alpha value is 0.0900. The molecule has 0 amide bonds. The van der Waals surface area contributed by atoms with E-state index in [9.17, 15) is 0 Å². The van der Waals surface area contributed by atoms with Crippen LogP contribution in [0, 0.1) is 14.3 Å². The number of aromatic nitrogens is 1. The molecule has 3 heteroatoms. The van der Waals surface area contributed by atoms with Crippen molar-refractivity contribution in [3.05, 3.63) is 37.2 Å². The summed E-state index contributed by atoms with van der Waals surface area (Å²) >= 11 is 4.53. The lowest BCUT2D eigenvalue weighted by Crippen LogP contribution is -1.87. The molecule has 0 N–H and O–H groups in total. The molecule has 1 aromatic carbocycles. The van der Waals surface area contributed by atoms with E-state index in [1.807, 2.05) is 0 Å². The standard InChI is InChI=1S/C10H7I2N/c1-6-2-3-7-5-9(11)13-10(12)8(7)4-6/h2-5H,1H3. The molecule has 2 aromatic rings. The van der Waals surface area contributed by atoms with Crippen LogP contribution in [-0.4, -0.2) is 4.98 Å². The van der Waals surface area contributed by atoms with Gasteiger partial charge in [0.1, 0.15) is 7.40 Å². The van der Waals surface area contributed by atoms with Gasteiger partial charge in [-0.2, -0.15) is 0 Å². The number of hydrogen-bond acceptors (Lipinski definition) is 1. The SMILES string of the molecule is Cc1ccc2cc(I)nc(I)c2c1. The Balaban J connectivity index is 2.87. The zero-order chi connectivity index (χ0) is 9.42. The molecule has 0 fully saturated rings. The topological polar surface area (TPSA) is 12.9 Å². The second kappa shape index (κ2) is 3.68. The summed E-state index contributed by atoms with van der Waals surface area (Å²) in [5.74, 6) is 0. The van der Waals surface area contributed by atoms with Crippen molar-refractivity contribution in [2.45, 2.75) is 6.92 Å². The zero-order valence-electron chi connectivity index (χ0n) is 7.01. The monoisotopic (exact) mass is 395 g/mol. The van der Waals surface area contributed by atoms with Crippen molar-refractivity contribution in [1.82, 2.24) is 4.98 Å². The van der Waals surface area contributed by atoms with Crippen LogP contribution in [0.3, 0.4) is 0 Å². The number of halogens is 2. The van der Waals surface area contributed by atoms with Gasteiger partial charge in [-0.15, -0.1) is 0 Å². The third-order valence-electron chi connectivity index (χ3n) is 1.91. The summed E-state index contributed by atoms with van der Waals surface area (Å²) in [6.45, 7) is 2.10. The first-order valence-electron chi connectivity index (χ1n) is 3.89. The van der Waals surface area contributed by atoms with Crippen molar-refractivity contribution in [1.29, 1.82) is 0 Å². The quantitative estimate of drug-likeness (QED) is 0.490. The molecular weight excluding hydrogens is 388 g/mol. The smallest absolute Gasteiger partial charge is 0.110 e.